The van der Waals surface area contributed by atoms with Crippen LogP contribution in [0.4, 0.5) is 32.6 Å². The topological polar surface area (TPSA) is 121 Å². The molecule has 0 saturated carbocycles. The van der Waals surface area contributed by atoms with Gasteiger partial charge < -0.3 is 15.3 Å². The smallest absolute Gasteiger partial charge is 0.395 e. The Hall–Kier alpha value is -4.14. The van der Waals surface area contributed by atoms with E-state index in [2.05, 4.69) is 9.97 Å². The number of carbonyl (C=O) groups is 2. The molecule has 0 aliphatic carbocycles. The van der Waals surface area contributed by atoms with Gasteiger partial charge in [0.25, 0.3) is 5.91 Å². The van der Waals surface area contributed by atoms with Crippen molar-refractivity contribution in [2.75, 3.05) is 31.1 Å². The number of halogens is 5. The van der Waals surface area contributed by atoms with Crippen molar-refractivity contribution in [3.63, 3.8) is 0 Å². The number of urea groups is 1. The quantitative estimate of drug-likeness (QED) is 0.442. The van der Waals surface area contributed by atoms with Gasteiger partial charge >= 0.3 is 12.2 Å². The summed E-state index contributed by atoms with van der Waals surface area (Å²) in [6, 6.07) is 0.156. The molecule has 214 valence electrons. The number of hydrogen-bond donors (Lipinski definition) is 2. The van der Waals surface area contributed by atoms with Gasteiger partial charge in [0, 0.05) is 31.9 Å². The van der Waals surface area contributed by atoms with Gasteiger partial charge in [-0.3, -0.25) is 19.1 Å². The minimum absolute atomic E-state index is 0.0377. The number of aliphatic hydroxyl groups excluding tert-OH is 1. The lowest BCUT2D eigenvalue weighted by molar-refractivity contribution is -0.174. The Kier molecular flexibility index (Phi) is 7.53. The van der Waals surface area contributed by atoms with Crippen LogP contribution in [-0.4, -0.2) is 74.9 Å². The molecule has 3 aromatic heterocycles. The molecular formula is C25H25F5N6O4. The summed E-state index contributed by atoms with van der Waals surface area (Å²) in [7, 11) is 0. The summed E-state index contributed by atoms with van der Waals surface area (Å²) in [6.07, 6.45) is -3.40. The van der Waals surface area contributed by atoms with Crippen molar-refractivity contribution in [2.45, 2.75) is 33.0 Å². The van der Waals surface area contributed by atoms with Crippen LogP contribution in [0.3, 0.4) is 0 Å². The Bertz CT molecular complexity index is 1520. The summed E-state index contributed by atoms with van der Waals surface area (Å²) in [5.41, 5.74) is -3.53. The molecule has 10 nitrogen and oxygen atoms in total. The van der Waals surface area contributed by atoms with Crippen LogP contribution < -0.4 is 15.6 Å². The number of alkyl halides is 3. The number of hydrogen-bond acceptors (Lipinski definition) is 6. The fraction of sp³-hybridized carbons (Fsp3) is 0.400. The molecule has 1 aliphatic rings. The van der Waals surface area contributed by atoms with Crippen molar-refractivity contribution in [3.05, 3.63) is 58.0 Å². The summed E-state index contributed by atoms with van der Waals surface area (Å²) < 4.78 is 70.5. The van der Waals surface area contributed by atoms with Crippen LogP contribution in [-0.2, 0) is 0 Å². The van der Waals surface area contributed by atoms with Crippen LogP contribution >= 0.6 is 0 Å². The van der Waals surface area contributed by atoms with Gasteiger partial charge in [-0.1, -0.05) is 20.8 Å². The summed E-state index contributed by atoms with van der Waals surface area (Å²) >= 11 is 0. The number of aliphatic hydroxyl groups is 1. The minimum atomic E-state index is -4.85. The number of pyridine rings is 3. The minimum Gasteiger partial charge on any atom is -0.395 e. The molecular weight excluding hydrogens is 543 g/mol. The molecule has 0 aromatic carbocycles. The summed E-state index contributed by atoms with van der Waals surface area (Å²) in [5.74, 6) is -4.17. The third-order valence-corrected chi connectivity index (χ3v) is 6.31. The maximum absolute atomic E-state index is 14.8. The zero-order valence-electron chi connectivity index (χ0n) is 21.6. The normalized spacial score (nSPS) is 15.2. The monoisotopic (exact) mass is 568 g/mol. The standard InChI is InChI=1S/C25H25F5N6O4/c1-24(2,3)22(25(28,29)30)33-21(39)15-12-36(20-16(27)10-13(26)11-31-20)19-14(18(15)38)4-5-17(32-19)35-7-6-34(8-9-37)23(35)40/h4-5,10-12,22,37H,6-9H2,1-3H3,(H,33,39)/t22-/m1/s1. The van der Waals surface area contributed by atoms with Gasteiger partial charge in [-0.05, 0) is 17.5 Å². The van der Waals surface area contributed by atoms with E-state index >= 15 is 0 Å². The third-order valence-electron chi connectivity index (χ3n) is 6.31. The molecule has 0 radical (unpaired) electrons. The maximum Gasteiger partial charge on any atom is 0.409 e. The molecule has 0 unspecified atom stereocenters. The lowest BCUT2D eigenvalue weighted by atomic mass is 9.86. The summed E-state index contributed by atoms with van der Waals surface area (Å²) in [6.45, 7) is 4.03. The van der Waals surface area contributed by atoms with E-state index in [9.17, 15) is 36.3 Å². The lowest BCUT2D eigenvalue weighted by Crippen LogP contribution is -2.53. The van der Waals surface area contributed by atoms with E-state index in [1.807, 2.05) is 5.32 Å². The van der Waals surface area contributed by atoms with Gasteiger partial charge in [-0.2, -0.15) is 13.2 Å². The number of fused-ring (bicyclic) bond motifs is 1. The maximum atomic E-state index is 14.8. The molecule has 1 aliphatic heterocycles. The number of nitrogens with one attached hydrogen (secondary N) is 1. The second-order valence-electron chi connectivity index (χ2n) is 10.2. The van der Waals surface area contributed by atoms with Gasteiger partial charge in [0.2, 0.25) is 5.43 Å². The summed E-state index contributed by atoms with van der Waals surface area (Å²) in [4.78, 5) is 49.7. The lowest BCUT2D eigenvalue weighted by Gasteiger charge is -2.33. The number of anilines is 1. The molecule has 15 heteroatoms. The highest BCUT2D eigenvalue weighted by Crippen LogP contribution is 2.33. The fourth-order valence-corrected chi connectivity index (χ4v) is 4.37. The fourth-order valence-electron chi connectivity index (χ4n) is 4.37. The van der Waals surface area contributed by atoms with Crippen molar-refractivity contribution in [1.82, 2.24) is 24.8 Å². The molecule has 1 saturated heterocycles. The van der Waals surface area contributed by atoms with Crippen LogP contribution in [0.2, 0.25) is 0 Å². The highest BCUT2D eigenvalue weighted by Gasteiger charge is 2.48. The average Bonchev–Trinajstić information content (AvgIpc) is 3.21. The number of carbonyl (C=O) groups excluding carboxylic acids is 2. The molecule has 2 N–H and O–H groups in total. The highest BCUT2D eigenvalue weighted by atomic mass is 19.4. The Morgan fingerprint density at radius 2 is 1.85 bits per heavy atom. The molecule has 4 rings (SSSR count). The molecule has 4 heterocycles. The van der Waals surface area contributed by atoms with E-state index in [0.717, 1.165) is 10.8 Å². The zero-order valence-corrected chi connectivity index (χ0v) is 21.6. The predicted molar refractivity (Wildman–Crippen MR) is 133 cm³/mol. The first kappa shape index (κ1) is 28.9. The molecule has 3 amide bonds. The Morgan fingerprint density at radius 1 is 1.15 bits per heavy atom. The van der Waals surface area contributed by atoms with Crippen molar-refractivity contribution in [2.24, 2.45) is 5.41 Å². The molecule has 0 spiro atoms. The predicted octanol–water partition coefficient (Wildman–Crippen LogP) is 3.00. The number of rotatable bonds is 6. The molecule has 1 fully saturated rings. The van der Waals surface area contributed by atoms with E-state index in [1.165, 1.54) is 42.7 Å². The molecule has 0 bridgehead atoms. The Morgan fingerprint density at radius 3 is 2.45 bits per heavy atom. The summed E-state index contributed by atoms with van der Waals surface area (Å²) in [5, 5.41) is 10.7. The Labute approximate surface area is 224 Å². The van der Waals surface area contributed by atoms with Crippen molar-refractivity contribution >= 4 is 28.8 Å². The number of aromatic nitrogens is 3. The van der Waals surface area contributed by atoms with Gasteiger partial charge in [0.05, 0.1) is 18.2 Å². The number of nitrogens with zero attached hydrogens (tertiary/aromatic N) is 5. The average molecular weight is 569 g/mol. The van der Waals surface area contributed by atoms with Crippen molar-refractivity contribution in [3.8, 4) is 5.82 Å². The van der Waals surface area contributed by atoms with Gasteiger partial charge in [-0.15, -0.1) is 0 Å². The van der Waals surface area contributed by atoms with Crippen molar-refractivity contribution in [1.29, 1.82) is 0 Å². The van der Waals surface area contributed by atoms with E-state index in [1.54, 1.807) is 0 Å². The highest BCUT2D eigenvalue weighted by molar-refractivity contribution is 5.98. The van der Waals surface area contributed by atoms with Gasteiger partial charge in [-0.25, -0.2) is 23.5 Å². The zero-order chi connectivity index (χ0) is 29.6. The molecule has 1 atom stereocenters. The first-order valence-electron chi connectivity index (χ1n) is 12.1. The van der Waals surface area contributed by atoms with Crippen LogP contribution in [0.5, 0.6) is 0 Å². The van der Waals surface area contributed by atoms with Gasteiger partial charge in [0.15, 0.2) is 17.3 Å². The van der Waals surface area contributed by atoms with Crippen molar-refractivity contribution < 1.29 is 36.6 Å². The van der Waals surface area contributed by atoms with Crippen LogP contribution in [0, 0.1) is 17.0 Å². The first-order chi connectivity index (χ1) is 18.6. The first-order valence-corrected chi connectivity index (χ1v) is 12.1. The van der Waals surface area contributed by atoms with E-state index < -0.39 is 58.0 Å². The largest absolute Gasteiger partial charge is 0.409 e. The second kappa shape index (κ2) is 10.4. The van der Waals surface area contributed by atoms with Gasteiger partial charge in [0.1, 0.15) is 23.2 Å². The van der Waals surface area contributed by atoms with E-state index in [0.29, 0.717) is 12.3 Å². The van der Waals surface area contributed by atoms with E-state index in [4.69, 9.17) is 5.11 Å². The molecule has 3 aromatic rings. The second-order valence-corrected chi connectivity index (χ2v) is 10.2. The SMILES string of the molecule is CC(C)(C)[C@@H](NC(=O)c1cn(-c2ncc(F)cc2F)c2nc(N3CCN(CCO)C3=O)ccc2c1=O)C(F)(F)F. The number of amides is 3. The van der Waals surface area contributed by atoms with Crippen LogP contribution in [0.1, 0.15) is 31.1 Å². The van der Waals surface area contributed by atoms with E-state index in [-0.39, 0.29) is 43.1 Å². The molecule has 40 heavy (non-hydrogen) atoms. The number of β-amino-alcohol motifs (C(OH)–C–C–N with tert-alkyl or cyclic N) is 1. The van der Waals surface area contributed by atoms with Crippen LogP contribution in [0.25, 0.3) is 16.9 Å². The van der Waals surface area contributed by atoms with Crippen LogP contribution in [0.15, 0.2) is 35.4 Å². The third kappa shape index (κ3) is 5.46. The Balaban J connectivity index is 1.90.